The van der Waals surface area contributed by atoms with Gasteiger partial charge in [-0.05, 0) is 36.6 Å². The average Bonchev–Trinajstić information content (AvgIpc) is 2.64. The first-order valence-corrected chi connectivity index (χ1v) is 8.21. The SMILES string of the molecule is CCc1ccccc1Nc1ncc(C(=O)Nc2ccccc2C)cn1. The molecule has 3 rings (SSSR count). The molecule has 2 aromatic carbocycles. The molecule has 0 aliphatic carbocycles. The molecule has 5 heteroatoms. The Labute approximate surface area is 147 Å². The van der Waals surface area contributed by atoms with E-state index in [2.05, 4.69) is 33.6 Å². The Morgan fingerprint density at radius 1 is 0.960 bits per heavy atom. The third-order valence-electron chi connectivity index (χ3n) is 3.95. The molecule has 5 nitrogen and oxygen atoms in total. The minimum absolute atomic E-state index is 0.227. The number of hydrogen-bond donors (Lipinski definition) is 2. The maximum atomic E-state index is 12.3. The van der Waals surface area contributed by atoms with Gasteiger partial charge in [0.1, 0.15) is 0 Å². The van der Waals surface area contributed by atoms with Crippen LogP contribution in [0, 0.1) is 6.92 Å². The van der Waals surface area contributed by atoms with Crippen LogP contribution in [0.25, 0.3) is 0 Å². The third kappa shape index (κ3) is 4.01. The number of para-hydroxylation sites is 2. The maximum absolute atomic E-state index is 12.3. The smallest absolute Gasteiger partial charge is 0.258 e. The highest BCUT2D eigenvalue weighted by Crippen LogP contribution is 2.19. The number of aromatic nitrogens is 2. The predicted octanol–water partition coefficient (Wildman–Crippen LogP) is 4.34. The van der Waals surface area contributed by atoms with Gasteiger partial charge in [-0.2, -0.15) is 0 Å². The van der Waals surface area contributed by atoms with Gasteiger partial charge in [0.2, 0.25) is 5.95 Å². The summed E-state index contributed by atoms with van der Waals surface area (Å²) in [5.74, 6) is 0.239. The van der Waals surface area contributed by atoms with E-state index in [1.54, 1.807) is 0 Å². The molecule has 0 saturated carbocycles. The molecule has 1 heterocycles. The van der Waals surface area contributed by atoms with Crippen molar-refractivity contribution in [2.45, 2.75) is 20.3 Å². The molecular formula is C20H20N4O. The number of amides is 1. The monoisotopic (exact) mass is 332 g/mol. The molecular weight excluding hydrogens is 312 g/mol. The van der Waals surface area contributed by atoms with E-state index in [9.17, 15) is 4.79 Å². The summed E-state index contributed by atoms with van der Waals surface area (Å²) in [5.41, 5.74) is 4.37. The van der Waals surface area contributed by atoms with E-state index in [1.165, 1.54) is 18.0 Å². The van der Waals surface area contributed by atoms with Gasteiger partial charge in [-0.25, -0.2) is 9.97 Å². The van der Waals surface area contributed by atoms with Crippen LogP contribution in [0.5, 0.6) is 0 Å². The highest BCUT2D eigenvalue weighted by Gasteiger charge is 2.09. The molecule has 0 radical (unpaired) electrons. The molecule has 2 N–H and O–H groups in total. The average molecular weight is 332 g/mol. The lowest BCUT2D eigenvalue weighted by atomic mass is 10.1. The fourth-order valence-corrected chi connectivity index (χ4v) is 2.49. The van der Waals surface area contributed by atoms with Crippen LogP contribution in [-0.4, -0.2) is 15.9 Å². The number of hydrogen-bond acceptors (Lipinski definition) is 4. The van der Waals surface area contributed by atoms with Crippen LogP contribution >= 0.6 is 0 Å². The Morgan fingerprint density at radius 3 is 2.28 bits per heavy atom. The second kappa shape index (κ2) is 7.57. The van der Waals surface area contributed by atoms with Crippen molar-refractivity contribution < 1.29 is 4.79 Å². The summed E-state index contributed by atoms with van der Waals surface area (Å²) in [4.78, 5) is 20.8. The molecule has 0 aliphatic heterocycles. The summed E-state index contributed by atoms with van der Waals surface area (Å²) in [7, 11) is 0. The summed E-state index contributed by atoms with van der Waals surface area (Å²) < 4.78 is 0. The molecule has 0 aliphatic rings. The summed E-state index contributed by atoms with van der Waals surface area (Å²) in [6.45, 7) is 4.05. The molecule has 126 valence electrons. The Hall–Kier alpha value is -3.21. The van der Waals surface area contributed by atoms with Crippen LogP contribution in [0.2, 0.25) is 0 Å². The Morgan fingerprint density at radius 2 is 1.60 bits per heavy atom. The molecule has 0 fully saturated rings. The Bertz CT molecular complexity index is 875. The number of carbonyl (C=O) groups excluding carboxylic acids is 1. The number of nitrogens with one attached hydrogen (secondary N) is 2. The maximum Gasteiger partial charge on any atom is 0.258 e. The first-order valence-electron chi connectivity index (χ1n) is 8.21. The normalized spacial score (nSPS) is 10.3. The second-order valence-electron chi connectivity index (χ2n) is 5.70. The lowest BCUT2D eigenvalue weighted by Gasteiger charge is -2.10. The van der Waals surface area contributed by atoms with Crippen molar-refractivity contribution in [3.63, 3.8) is 0 Å². The lowest BCUT2D eigenvalue weighted by molar-refractivity contribution is 0.102. The largest absolute Gasteiger partial charge is 0.324 e. The summed E-state index contributed by atoms with van der Waals surface area (Å²) in [5, 5.41) is 6.07. The van der Waals surface area contributed by atoms with Gasteiger partial charge in [-0.1, -0.05) is 43.3 Å². The molecule has 0 unspecified atom stereocenters. The van der Waals surface area contributed by atoms with Crippen molar-refractivity contribution in [1.29, 1.82) is 0 Å². The Balaban J connectivity index is 1.72. The molecule has 0 bridgehead atoms. The molecule has 1 aromatic heterocycles. The number of rotatable bonds is 5. The van der Waals surface area contributed by atoms with Crippen molar-refractivity contribution in [3.05, 3.63) is 77.6 Å². The van der Waals surface area contributed by atoms with Crippen LogP contribution in [0.3, 0.4) is 0 Å². The van der Waals surface area contributed by atoms with Gasteiger partial charge in [0.05, 0.1) is 5.56 Å². The van der Waals surface area contributed by atoms with Gasteiger partial charge >= 0.3 is 0 Å². The van der Waals surface area contributed by atoms with E-state index in [4.69, 9.17) is 0 Å². The van der Waals surface area contributed by atoms with Crippen molar-refractivity contribution in [3.8, 4) is 0 Å². The van der Waals surface area contributed by atoms with Gasteiger partial charge in [0, 0.05) is 23.8 Å². The quantitative estimate of drug-likeness (QED) is 0.729. The van der Waals surface area contributed by atoms with Crippen LogP contribution in [0.4, 0.5) is 17.3 Å². The number of anilines is 3. The standard InChI is InChI=1S/C20H20N4O/c1-3-15-9-5-7-11-18(15)24-20-21-12-16(13-22-20)19(25)23-17-10-6-4-8-14(17)2/h4-13H,3H2,1-2H3,(H,23,25)(H,21,22,24). The number of benzene rings is 2. The minimum Gasteiger partial charge on any atom is -0.324 e. The van der Waals surface area contributed by atoms with E-state index in [0.29, 0.717) is 11.5 Å². The third-order valence-corrected chi connectivity index (χ3v) is 3.95. The van der Waals surface area contributed by atoms with Gasteiger partial charge in [-0.3, -0.25) is 4.79 Å². The van der Waals surface area contributed by atoms with Gasteiger partial charge in [0.15, 0.2) is 0 Å². The van der Waals surface area contributed by atoms with Crippen LogP contribution in [0.15, 0.2) is 60.9 Å². The van der Waals surface area contributed by atoms with Crippen LogP contribution < -0.4 is 10.6 Å². The number of aryl methyl sites for hydroxylation is 2. The van der Waals surface area contributed by atoms with Crippen molar-refractivity contribution >= 4 is 23.2 Å². The van der Waals surface area contributed by atoms with E-state index in [-0.39, 0.29) is 5.91 Å². The van der Waals surface area contributed by atoms with Gasteiger partial charge < -0.3 is 10.6 Å². The Kier molecular flexibility index (Phi) is 5.04. The fourth-order valence-electron chi connectivity index (χ4n) is 2.49. The summed E-state index contributed by atoms with van der Waals surface area (Å²) >= 11 is 0. The van der Waals surface area contributed by atoms with E-state index in [1.807, 2.05) is 49.4 Å². The first kappa shape index (κ1) is 16.6. The van der Waals surface area contributed by atoms with Crippen LogP contribution in [-0.2, 0) is 6.42 Å². The first-order chi connectivity index (χ1) is 12.2. The van der Waals surface area contributed by atoms with Gasteiger partial charge in [-0.15, -0.1) is 0 Å². The minimum atomic E-state index is -0.227. The molecule has 0 saturated heterocycles. The fraction of sp³-hybridized carbons (Fsp3) is 0.150. The highest BCUT2D eigenvalue weighted by atomic mass is 16.1. The van der Waals surface area contributed by atoms with E-state index in [0.717, 1.165) is 23.4 Å². The summed E-state index contributed by atoms with van der Waals surface area (Å²) in [6.07, 6.45) is 3.97. The van der Waals surface area contributed by atoms with Crippen molar-refractivity contribution in [2.75, 3.05) is 10.6 Å². The molecule has 25 heavy (non-hydrogen) atoms. The van der Waals surface area contributed by atoms with Crippen LogP contribution in [0.1, 0.15) is 28.4 Å². The lowest BCUT2D eigenvalue weighted by Crippen LogP contribution is -2.13. The predicted molar refractivity (Wildman–Crippen MR) is 100 cm³/mol. The van der Waals surface area contributed by atoms with E-state index >= 15 is 0 Å². The van der Waals surface area contributed by atoms with Crippen molar-refractivity contribution in [2.24, 2.45) is 0 Å². The molecule has 1 amide bonds. The highest BCUT2D eigenvalue weighted by molar-refractivity contribution is 6.04. The summed E-state index contributed by atoms with van der Waals surface area (Å²) in [6, 6.07) is 15.7. The molecule has 3 aromatic rings. The zero-order valence-electron chi connectivity index (χ0n) is 14.3. The zero-order valence-corrected chi connectivity index (χ0v) is 14.3. The second-order valence-corrected chi connectivity index (χ2v) is 5.70. The van der Waals surface area contributed by atoms with E-state index < -0.39 is 0 Å². The topological polar surface area (TPSA) is 66.9 Å². The number of carbonyl (C=O) groups is 1. The van der Waals surface area contributed by atoms with Gasteiger partial charge in [0.25, 0.3) is 5.91 Å². The molecule has 0 atom stereocenters. The van der Waals surface area contributed by atoms with Crippen molar-refractivity contribution in [1.82, 2.24) is 9.97 Å². The number of nitrogens with zero attached hydrogens (tertiary/aromatic N) is 2. The molecule has 0 spiro atoms. The zero-order chi connectivity index (χ0) is 17.6.